The Morgan fingerprint density at radius 1 is 1.29 bits per heavy atom. The standard InChI is InChI=1S/C15H20N4OS/c1-10-14(11(2)19(3)18-10)17-15(21)16-9-12-5-7-13(20-4)8-6-12/h5-8H,9H2,1-4H3,(H2,16,17,21). The van der Waals surface area contributed by atoms with Crippen LogP contribution in [-0.4, -0.2) is 22.0 Å². The average molecular weight is 304 g/mol. The Balaban J connectivity index is 1.92. The molecule has 1 aromatic heterocycles. The summed E-state index contributed by atoms with van der Waals surface area (Å²) < 4.78 is 6.97. The van der Waals surface area contributed by atoms with Crippen molar-refractivity contribution >= 4 is 23.0 Å². The van der Waals surface area contributed by atoms with Gasteiger partial charge in [0.2, 0.25) is 0 Å². The molecule has 5 nitrogen and oxygen atoms in total. The monoisotopic (exact) mass is 304 g/mol. The molecule has 0 aliphatic heterocycles. The van der Waals surface area contributed by atoms with Gasteiger partial charge in [-0.15, -0.1) is 0 Å². The molecule has 2 aromatic rings. The summed E-state index contributed by atoms with van der Waals surface area (Å²) in [5, 5.41) is 11.3. The Hall–Kier alpha value is -2.08. The van der Waals surface area contributed by atoms with Gasteiger partial charge in [0.15, 0.2) is 5.11 Å². The highest BCUT2D eigenvalue weighted by molar-refractivity contribution is 7.80. The lowest BCUT2D eigenvalue weighted by atomic mass is 10.2. The number of nitrogens with zero attached hydrogens (tertiary/aromatic N) is 2. The minimum Gasteiger partial charge on any atom is -0.497 e. The maximum atomic E-state index is 5.33. The summed E-state index contributed by atoms with van der Waals surface area (Å²) in [6.07, 6.45) is 0. The topological polar surface area (TPSA) is 51.1 Å². The molecule has 0 fully saturated rings. The second kappa shape index (κ2) is 6.58. The van der Waals surface area contributed by atoms with Gasteiger partial charge in [0.1, 0.15) is 5.75 Å². The third kappa shape index (κ3) is 3.72. The number of methoxy groups -OCH3 is 1. The Morgan fingerprint density at radius 2 is 1.95 bits per heavy atom. The number of rotatable bonds is 4. The van der Waals surface area contributed by atoms with Crippen molar-refractivity contribution in [3.8, 4) is 5.75 Å². The van der Waals surface area contributed by atoms with Gasteiger partial charge in [0, 0.05) is 13.6 Å². The maximum Gasteiger partial charge on any atom is 0.171 e. The lowest BCUT2D eigenvalue weighted by molar-refractivity contribution is 0.414. The van der Waals surface area contributed by atoms with Crippen LogP contribution in [0.5, 0.6) is 5.75 Å². The van der Waals surface area contributed by atoms with Crippen molar-refractivity contribution in [1.29, 1.82) is 0 Å². The molecule has 2 N–H and O–H groups in total. The largest absolute Gasteiger partial charge is 0.497 e. The van der Waals surface area contributed by atoms with Gasteiger partial charge in [0.25, 0.3) is 0 Å². The molecule has 2 rings (SSSR count). The highest BCUT2D eigenvalue weighted by atomic mass is 32.1. The normalized spacial score (nSPS) is 10.3. The van der Waals surface area contributed by atoms with E-state index in [1.807, 2.05) is 49.8 Å². The molecule has 0 spiro atoms. The van der Waals surface area contributed by atoms with Crippen LogP contribution >= 0.6 is 12.2 Å². The molecular weight excluding hydrogens is 284 g/mol. The molecule has 0 bridgehead atoms. The molecule has 1 aromatic carbocycles. The van der Waals surface area contributed by atoms with Crippen LogP contribution in [0.1, 0.15) is 17.0 Å². The number of aromatic nitrogens is 2. The van der Waals surface area contributed by atoms with Gasteiger partial charge in [-0.3, -0.25) is 4.68 Å². The summed E-state index contributed by atoms with van der Waals surface area (Å²) in [6.45, 7) is 4.63. The smallest absolute Gasteiger partial charge is 0.171 e. The Morgan fingerprint density at radius 3 is 2.48 bits per heavy atom. The lowest BCUT2D eigenvalue weighted by Gasteiger charge is -2.11. The lowest BCUT2D eigenvalue weighted by Crippen LogP contribution is -2.28. The van der Waals surface area contributed by atoms with Crippen LogP contribution in [-0.2, 0) is 13.6 Å². The van der Waals surface area contributed by atoms with Crippen LogP contribution in [0.2, 0.25) is 0 Å². The Labute approximate surface area is 130 Å². The van der Waals surface area contributed by atoms with Crippen molar-refractivity contribution in [1.82, 2.24) is 15.1 Å². The van der Waals surface area contributed by atoms with Gasteiger partial charge < -0.3 is 15.4 Å². The zero-order chi connectivity index (χ0) is 15.4. The van der Waals surface area contributed by atoms with E-state index in [4.69, 9.17) is 17.0 Å². The highest BCUT2D eigenvalue weighted by Crippen LogP contribution is 2.18. The molecule has 0 unspecified atom stereocenters. The molecule has 0 atom stereocenters. The van der Waals surface area contributed by atoms with Gasteiger partial charge in [-0.05, 0) is 43.8 Å². The average Bonchev–Trinajstić information content (AvgIpc) is 2.72. The molecule has 0 amide bonds. The summed E-state index contributed by atoms with van der Waals surface area (Å²) in [5.41, 5.74) is 4.09. The molecule has 6 heteroatoms. The van der Waals surface area contributed by atoms with Crippen molar-refractivity contribution in [2.45, 2.75) is 20.4 Å². The van der Waals surface area contributed by atoms with Crippen LogP contribution in [0.3, 0.4) is 0 Å². The SMILES string of the molecule is COc1ccc(CNC(=S)Nc2c(C)nn(C)c2C)cc1. The summed E-state index contributed by atoms with van der Waals surface area (Å²) in [6, 6.07) is 7.88. The number of nitrogens with one attached hydrogen (secondary N) is 2. The van der Waals surface area contributed by atoms with E-state index in [0.717, 1.165) is 28.4 Å². The first-order chi connectivity index (χ1) is 10.0. The fourth-order valence-electron chi connectivity index (χ4n) is 2.04. The first-order valence-corrected chi connectivity index (χ1v) is 7.10. The van der Waals surface area contributed by atoms with Gasteiger partial charge in [0.05, 0.1) is 24.2 Å². The Bertz CT molecular complexity index is 634. The second-order valence-electron chi connectivity index (χ2n) is 4.83. The quantitative estimate of drug-likeness (QED) is 0.850. The maximum absolute atomic E-state index is 5.33. The molecule has 0 radical (unpaired) electrons. The van der Waals surface area contributed by atoms with Crippen LogP contribution in [0, 0.1) is 13.8 Å². The second-order valence-corrected chi connectivity index (χ2v) is 5.23. The van der Waals surface area contributed by atoms with E-state index in [9.17, 15) is 0 Å². The number of benzene rings is 1. The zero-order valence-electron chi connectivity index (χ0n) is 12.7. The zero-order valence-corrected chi connectivity index (χ0v) is 13.5. The number of ether oxygens (including phenoxy) is 1. The number of thiocarbonyl (C=S) groups is 1. The third-order valence-corrected chi connectivity index (χ3v) is 3.61. The van der Waals surface area contributed by atoms with Crippen LogP contribution < -0.4 is 15.4 Å². The van der Waals surface area contributed by atoms with Crippen molar-refractivity contribution < 1.29 is 4.74 Å². The van der Waals surface area contributed by atoms with E-state index in [2.05, 4.69) is 15.7 Å². The van der Waals surface area contributed by atoms with Gasteiger partial charge in [-0.1, -0.05) is 12.1 Å². The summed E-state index contributed by atoms with van der Waals surface area (Å²) in [7, 11) is 3.58. The van der Waals surface area contributed by atoms with Gasteiger partial charge in [-0.25, -0.2) is 0 Å². The summed E-state index contributed by atoms with van der Waals surface area (Å²) in [4.78, 5) is 0. The predicted molar refractivity (Wildman–Crippen MR) is 88.7 cm³/mol. The van der Waals surface area contributed by atoms with Crippen LogP contribution in [0.25, 0.3) is 0 Å². The molecule has 1 heterocycles. The molecule has 21 heavy (non-hydrogen) atoms. The van der Waals surface area contributed by atoms with Crippen LogP contribution in [0.15, 0.2) is 24.3 Å². The fourth-order valence-corrected chi connectivity index (χ4v) is 2.21. The molecule has 0 aliphatic rings. The van der Waals surface area contributed by atoms with E-state index >= 15 is 0 Å². The highest BCUT2D eigenvalue weighted by Gasteiger charge is 2.10. The first-order valence-electron chi connectivity index (χ1n) is 6.69. The molecule has 0 saturated heterocycles. The minimum absolute atomic E-state index is 0.588. The first kappa shape index (κ1) is 15.3. The van der Waals surface area contributed by atoms with Crippen molar-refractivity contribution in [3.63, 3.8) is 0 Å². The number of hydrogen-bond acceptors (Lipinski definition) is 3. The van der Waals surface area contributed by atoms with E-state index in [0.29, 0.717) is 11.7 Å². The van der Waals surface area contributed by atoms with Crippen LogP contribution in [0.4, 0.5) is 5.69 Å². The summed E-state index contributed by atoms with van der Waals surface area (Å²) >= 11 is 5.33. The molecule has 0 aliphatic carbocycles. The van der Waals surface area contributed by atoms with E-state index < -0.39 is 0 Å². The molecule has 112 valence electrons. The number of aryl methyl sites for hydroxylation is 2. The van der Waals surface area contributed by atoms with E-state index in [-0.39, 0.29) is 0 Å². The molecular formula is C15H20N4OS. The van der Waals surface area contributed by atoms with Gasteiger partial charge in [-0.2, -0.15) is 5.10 Å². The van der Waals surface area contributed by atoms with Crippen molar-refractivity contribution in [2.24, 2.45) is 7.05 Å². The third-order valence-electron chi connectivity index (χ3n) is 3.36. The van der Waals surface area contributed by atoms with Gasteiger partial charge >= 0.3 is 0 Å². The van der Waals surface area contributed by atoms with E-state index in [1.165, 1.54) is 0 Å². The molecule has 0 saturated carbocycles. The van der Waals surface area contributed by atoms with Crippen molar-refractivity contribution in [3.05, 3.63) is 41.2 Å². The Kier molecular flexibility index (Phi) is 4.80. The fraction of sp³-hybridized carbons (Fsp3) is 0.333. The van der Waals surface area contributed by atoms with E-state index in [1.54, 1.807) is 7.11 Å². The predicted octanol–water partition coefficient (Wildman–Crippen LogP) is 2.53. The van der Waals surface area contributed by atoms with Crippen molar-refractivity contribution in [2.75, 3.05) is 12.4 Å². The number of anilines is 1. The minimum atomic E-state index is 0.588. The summed E-state index contributed by atoms with van der Waals surface area (Å²) in [5.74, 6) is 0.848. The number of hydrogen-bond donors (Lipinski definition) is 2.